The predicted molar refractivity (Wildman–Crippen MR) is 54.3 cm³/mol. The number of rotatable bonds is 1. The minimum Gasteiger partial charge on any atom is -0.338 e. The highest BCUT2D eigenvalue weighted by atomic mass is 16.2. The van der Waals surface area contributed by atoms with Crippen LogP contribution in [0.25, 0.3) is 0 Å². The van der Waals surface area contributed by atoms with Crippen LogP contribution in [0, 0.1) is 6.92 Å². The van der Waals surface area contributed by atoms with Crippen molar-refractivity contribution in [3.63, 3.8) is 0 Å². The Bertz CT molecular complexity index is 351. The number of carbonyl (C=O) groups is 1. The molecule has 1 fully saturated rings. The van der Waals surface area contributed by atoms with Gasteiger partial charge in [0.25, 0.3) is 0 Å². The van der Waals surface area contributed by atoms with Crippen LogP contribution in [0.3, 0.4) is 0 Å². The van der Waals surface area contributed by atoms with Crippen LogP contribution >= 0.6 is 0 Å². The molecule has 1 aromatic rings. The van der Waals surface area contributed by atoms with Gasteiger partial charge in [0.05, 0.1) is 11.9 Å². The molecule has 0 radical (unpaired) electrons. The van der Waals surface area contributed by atoms with Crippen molar-refractivity contribution in [2.24, 2.45) is 0 Å². The molecule has 1 aliphatic rings. The fourth-order valence-electron chi connectivity index (χ4n) is 1.60. The number of urea groups is 1. The van der Waals surface area contributed by atoms with E-state index in [1.165, 1.54) is 0 Å². The van der Waals surface area contributed by atoms with E-state index in [0.29, 0.717) is 0 Å². The smallest absolute Gasteiger partial charge is 0.321 e. The van der Waals surface area contributed by atoms with Crippen LogP contribution in [0.15, 0.2) is 18.5 Å². The van der Waals surface area contributed by atoms with Crippen molar-refractivity contribution in [2.45, 2.75) is 13.3 Å². The van der Waals surface area contributed by atoms with E-state index in [0.717, 1.165) is 30.8 Å². The number of amides is 2. The zero-order valence-corrected chi connectivity index (χ0v) is 8.16. The van der Waals surface area contributed by atoms with E-state index in [2.05, 4.69) is 10.3 Å². The standard InChI is InChI=1S/C10H13N3O/c1-8-3-5-11-7-9(8)13-6-2-4-12-10(13)14/h3,5,7H,2,4,6H2,1H3,(H,12,14). The summed E-state index contributed by atoms with van der Waals surface area (Å²) in [5.41, 5.74) is 1.99. The molecular weight excluding hydrogens is 178 g/mol. The van der Waals surface area contributed by atoms with Crippen molar-refractivity contribution in [1.82, 2.24) is 10.3 Å². The fourth-order valence-corrected chi connectivity index (χ4v) is 1.60. The van der Waals surface area contributed by atoms with Crippen molar-refractivity contribution in [3.8, 4) is 0 Å². The number of pyridine rings is 1. The maximum absolute atomic E-state index is 11.5. The lowest BCUT2D eigenvalue weighted by molar-refractivity contribution is 0.243. The van der Waals surface area contributed by atoms with Gasteiger partial charge >= 0.3 is 6.03 Å². The first kappa shape index (κ1) is 8.99. The molecule has 1 saturated heterocycles. The second-order valence-electron chi connectivity index (χ2n) is 3.40. The van der Waals surface area contributed by atoms with Crippen LogP contribution in [0.4, 0.5) is 10.5 Å². The topological polar surface area (TPSA) is 45.2 Å². The second kappa shape index (κ2) is 3.65. The van der Waals surface area contributed by atoms with Gasteiger partial charge in [-0.3, -0.25) is 9.88 Å². The average molecular weight is 191 g/mol. The van der Waals surface area contributed by atoms with Crippen LogP contribution in [-0.2, 0) is 0 Å². The molecule has 4 nitrogen and oxygen atoms in total. The first-order valence-corrected chi connectivity index (χ1v) is 4.75. The first-order chi connectivity index (χ1) is 6.79. The zero-order valence-electron chi connectivity index (χ0n) is 8.16. The summed E-state index contributed by atoms with van der Waals surface area (Å²) in [5.74, 6) is 0. The molecule has 2 amide bonds. The molecule has 0 bridgehead atoms. The third kappa shape index (κ3) is 1.55. The normalized spacial score (nSPS) is 16.6. The van der Waals surface area contributed by atoms with E-state index in [4.69, 9.17) is 0 Å². The Morgan fingerprint density at radius 1 is 1.57 bits per heavy atom. The largest absolute Gasteiger partial charge is 0.338 e. The second-order valence-corrected chi connectivity index (χ2v) is 3.40. The van der Waals surface area contributed by atoms with Crippen LogP contribution < -0.4 is 10.2 Å². The van der Waals surface area contributed by atoms with E-state index in [1.54, 1.807) is 17.3 Å². The highest BCUT2D eigenvalue weighted by molar-refractivity contribution is 5.93. The van der Waals surface area contributed by atoms with Gasteiger partial charge in [0.2, 0.25) is 0 Å². The number of hydrogen-bond acceptors (Lipinski definition) is 2. The van der Waals surface area contributed by atoms with Crippen molar-refractivity contribution in [2.75, 3.05) is 18.0 Å². The van der Waals surface area contributed by atoms with E-state index >= 15 is 0 Å². The van der Waals surface area contributed by atoms with Crippen LogP contribution in [0.2, 0.25) is 0 Å². The molecule has 2 rings (SSSR count). The average Bonchev–Trinajstić information content (AvgIpc) is 2.20. The summed E-state index contributed by atoms with van der Waals surface area (Å²) in [4.78, 5) is 17.3. The minimum absolute atomic E-state index is 0.0210. The van der Waals surface area contributed by atoms with Gasteiger partial charge in [-0.25, -0.2) is 4.79 Å². The van der Waals surface area contributed by atoms with Gasteiger partial charge in [-0.1, -0.05) is 0 Å². The summed E-state index contributed by atoms with van der Waals surface area (Å²) >= 11 is 0. The Kier molecular flexibility index (Phi) is 2.35. The van der Waals surface area contributed by atoms with Gasteiger partial charge in [0.1, 0.15) is 0 Å². The Hall–Kier alpha value is -1.58. The van der Waals surface area contributed by atoms with E-state index in [-0.39, 0.29) is 6.03 Å². The van der Waals surface area contributed by atoms with E-state index < -0.39 is 0 Å². The van der Waals surface area contributed by atoms with Gasteiger partial charge in [-0.05, 0) is 25.0 Å². The lowest BCUT2D eigenvalue weighted by Gasteiger charge is -2.28. The van der Waals surface area contributed by atoms with Crippen molar-refractivity contribution < 1.29 is 4.79 Å². The van der Waals surface area contributed by atoms with Crippen molar-refractivity contribution in [3.05, 3.63) is 24.0 Å². The first-order valence-electron chi connectivity index (χ1n) is 4.75. The molecule has 0 atom stereocenters. The number of nitrogens with zero attached hydrogens (tertiary/aromatic N) is 2. The molecule has 0 aliphatic carbocycles. The maximum Gasteiger partial charge on any atom is 0.321 e. The SMILES string of the molecule is Cc1ccncc1N1CCCNC1=O. The number of aryl methyl sites for hydroxylation is 1. The lowest BCUT2D eigenvalue weighted by Crippen LogP contribution is -2.46. The molecule has 0 saturated carbocycles. The highest BCUT2D eigenvalue weighted by Gasteiger charge is 2.20. The summed E-state index contributed by atoms with van der Waals surface area (Å²) in [6.45, 7) is 3.53. The van der Waals surface area contributed by atoms with Gasteiger partial charge in [0.15, 0.2) is 0 Å². The molecule has 14 heavy (non-hydrogen) atoms. The molecule has 1 N–H and O–H groups in total. The van der Waals surface area contributed by atoms with E-state index in [1.807, 2.05) is 13.0 Å². The Morgan fingerprint density at radius 3 is 3.14 bits per heavy atom. The third-order valence-electron chi connectivity index (χ3n) is 2.38. The van der Waals surface area contributed by atoms with E-state index in [9.17, 15) is 4.79 Å². The van der Waals surface area contributed by atoms with Crippen LogP contribution in [-0.4, -0.2) is 24.1 Å². The van der Waals surface area contributed by atoms with Crippen LogP contribution in [0.1, 0.15) is 12.0 Å². The Balaban J connectivity index is 2.29. The Labute approximate surface area is 82.9 Å². The van der Waals surface area contributed by atoms with Crippen LogP contribution in [0.5, 0.6) is 0 Å². The summed E-state index contributed by atoms with van der Waals surface area (Å²) in [7, 11) is 0. The quantitative estimate of drug-likeness (QED) is 0.727. The number of carbonyl (C=O) groups excluding carboxylic acids is 1. The monoisotopic (exact) mass is 191 g/mol. The number of nitrogens with one attached hydrogen (secondary N) is 1. The highest BCUT2D eigenvalue weighted by Crippen LogP contribution is 2.19. The molecule has 4 heteroatoms. The summed E-state index contributed by atoms with van der Waals surface area (Å²) in [5, 5.41) is 2.82. The van der Waals surface area contributed by atoms with Gasteiger partial charge < -0.3 is 5.32 Å². The van der Waals surface area contributed by atoms with Gasteiger partial charge in [-0.2, -0.15) is 0 Å². The molecule has 1 aromatic heterocycles. The summed E-state index contributed by atoms with van der Waals surface area (Å²) in [6.07, 6.45) is 4.46. The maximum atomic E-state index is 11.5. The number of anilines is 1. The molecular formula is C10H13N3O. The predicted octanol–water partition coefficient (Wildman–Crippen LogP) is 1.31. The summed E-state index contributed by atoms with van der Waals surface area (Å²) in [6, 6.07) is 1.89. The zero-order chi connectivity index (χ0) is 9.97. The minimum atomic E-state index is -0.0210. The molecule has 0 spiro atoms. The molecule has 74 valence electrons. The van der Waals surface area contributed by atoms with Gasteiger partial charge in [0, 0.05) is 19.3 Å². The number of aromatic nitrogens is 1. The molecule has 2 heterocycles. The fraction of sp³-hybridized carbons (Fsp3) is 0.400. The van der Waals surface area contributed by atoms with Gasteiger partial charge in [-0.15, -0.1) is 0 Å². The van der Waals surface area contributed by atoms with Crippen molar-refractivity contribution in [1.29, 1.82) is 0 Å². The molecule has 0 aromatic carbocycles. The number of hydrogen-bond donors (Lipinski definition) is 1. The molecule has 1 aliphatic heterocycles. The Morgan fingerprint density at radius 2 is 2.43 bits per heavy atom. The summed E-state index contributed by atoms with van der Waals surface area (Å²) < 4.78 is 0. The third-order valence-corrected chi connectivity index (χ3v) is 2.38. The molecule has 0 unspecified atom stereocenters. The van der Waals surface area contributed by atoms with Crippen molar-refractivity contribution >= 4 is 11.7 Å². The lowest BCUT2D eigenvalue weighted by atomic mass is 10.2.